The molecule has 1 heterocycles. The molecule has 9 heteroatoms. The summed E-state index contributed by atoms with van der Waals surface area (Å²) in [5.41, 5.74) is 0.936. The quantitative estimate of drug-likeness (QED) is 0.777. The number of carbonyl (C=O) groups excluding carboxylic acids is 1. The minimum absolute atomic E-state index is 0.0183. The molecule has 27 heavy (non-hydrogen) atoms. The van der Waals surface area contributed by atoms with Gasteiger partial charge in [0.2, 0.25) is 22.7 Å². The number of nitrogens with one attached hydrogen (secondary N) is 1. The smallest absolute Gasteiger partial charge is 0.232 e. The molecule has 0 saturated heterocycles. The van der Waals surface area contributed by atoms with Gasteiger partial charge in [-0.15, -0.1) is 0 Å². The van der Waals surface area contributed by atoms with E-state index in [-0.39, 0.29) is 25.7 Å². The summed E-state index contributed by atoms with van der Waals surface area (Å²) >= 11 is 0. The van der Waals surface area contributed by atoms with Gasteiger partial charge in [-0.05, 0) is 24.3 Å². The molecule has 0 fully saturated rings. The molecule has 144 valence electrons. The Morgan fingerprint density at radius 2 is 1.93 bits per heavy atom. The van der Waals surface area contributed by atoms with Crippen molar-refractivity contribution >= 4 is 27.3 Å². The number of methoxy groups -OCH3 is 1. The minimum atomic E-state index is -3.59. The van der Waals surface area contributed by atoms with Crippen molar-refractivity contribution in [2.24, 2.45) is 0 Å². The monoisotopic (exact) mass is 392 g/mol. The maximum atomic E-state index is 12.3. The zero-order chi connectivity index (χ0) is 19.4. The van der Waals surface area contributed by atoms with Crippen LogP contribution in [-0.2, 0) is 14.8 Å². The minimum Gasteiger partial charge on any atom is -0.495 e. The largest absolute Gasteiger partial charge is 0.495 e. The first kappa shape index (κ1) is 18.8. The van der Waals surface area contributed by atoms with Crippen LogP contribution in [0.3, 0.4) is 0 Å². The summed E-state index contributed by atoms with van der Waals surface area (Å²) in [5, 5.41) is 2.73. The molecule has 2 aromatic carbocycles. The van der Waals surface area contributed by atoms with Crippen LogP contribution in [0.5, 0.6) is 17.2 Å². The average Bonchev–Trinajstić information content (AvgIpc) is 3.09. The summed E-state index contributed by atoms with van der Waals surface area (Å²) in [5.74, 6) is 1.27. The molecule has 8 nitrogen and oxygen atoms in total. The summed E-state index contributed by atoms with van der Waals surface area (Å²) in [6.45, 7) is 0.130. The lowest BCUT2D eigenvalue weighted by molar-refractivity contribution is -0.116. The standard InChI is InChI=1S/C18H20N2O6S/c1-24-15-6-4-3-5-14(15)20(27(2,22)23)10-9-18(21)19-13-7-8-16-17(11-13)26-12-25-16/h3-8,11H,9-10,12H2,1-2H3,(H,19,21). The van der Waals surface area contributed by atoms with E-state index in [9.17, 15) is 13.2 Å². The van der Waals surface area contributed by atoms with Crippen molar-refractivity contribution in [1.82, 2.24) is 0 Å². The molecule has 0 saturated carbocycles. The van der Waals surface area contributed by atoms with Crippen LogP contribution in [0.15, 0.2) is 42.5 Å². The molecule has 2 aromatic rings. The average molecular weight is 392 g/mol. The number of para-hydroxylation sites is 2. The Hall–Kier alpha value is -2.94. The fourth-order valence-electron chi connectivity index (χ4n) is 2.70. The number of sulfonamides is 1. The predicted octanol–water partition coefficient (Wildman–Crippen LogP) is 2.22. The summed E-state index contributed by atoms with van der Waals surface area (Å²) in [6.07, 6.45) is 1.06. The van der Waals surface area contributed by atoms with Gasteiger partial charge in [-0.1, -0.05) is 12.1 Å². The van der Waals surface area contributed by atoms with Gasteiger partial charge in [0.05, 0.1) is 19.1 Å². The lowest BCUT2D eigenvalue weighted by atomic mass is 10.2. The molecule has 1 aliphatic rings. The van der Waals surface area contributed by atoms with E-state index >= 15 is 0 Å². The van der Waals surface area contributed by atoms with Gasteiger partial charge >= 0.3 is 0 Å². The zero-order valence-electron chi connectivity index (χ0n) is 15.0. The van der Waals surface area contributed by atoms with Gasteiger partial charge in [0, 0.05) is 24.7 Å². The van der Waals surface area contributed by atoms with Gasteiger partial charge in [-0.3, -0.25) is 9.10 Å². The first-order valence-electron chi connectivity index (χ1n) is 8.19. The summed E-state index contributed by atoms with van der Waals surface area (Å²) in [4.78, 5) is 12.3. The van der Waals surface area contributed by atoms with Crippen LogP contribution in [-0.4, -0.2) is 41.0 Å². The second kappa shape index (κ2) is 7.75. The first-order valence-corrected chi connectivity index (χ1v) is 10.0. The van der Waals surface area contributed by atoms with Crippen molar-refractivity contribution in [2.75, 3.05) is 36.3 Å². The first-order chi connectivity index (χ1) is 12.9. The molecule has 0 bridgehead atoms. The maximum Gasteiger partial charge on any atom is 0.232 e. The van der Waals surface area contributed by atoms with Gasteiger partial charge < -0.3 is 19.5 Å². The summed E-state index contributed by atoms with van der Waals surface area (Å²) in [6, 6.07) is 11.8. The highest BCUT2D eigenvalue weighted by molar-refractivity contribution is 7.92. The highest BCUT2D eigenvalue weighted by Gasteiger charge is 2.22. The zero-order valence-corrected chi connectivity index (χ0v) is 15.8. The summed E-state index contributed by atoms with van der Waals surface area (Å²) < 4.78 is 41.3. The van der Waals surface area contributed by atoms with Gasteiger partial charge in [-0.2, -0.15) is 0 Å². The molecule has 0 unspecified atom stereocenters. The molecule has 1 amide bonds. The molecule has 0 aliphatic carbocycles. The lowest BCUT2D eigenvalue weighted by Gasteiger charge is -2.24. The van der Waals surface area contributed by atoms with E-state index in [1.54, 1.807) is 42.5 Å². The SMILES string of the molecule is COc1ccccc1N(CCC(=O)Nc1ccc2c(c1)OCO2)S(C)(=O)=O. The Morgan fingerprint density at radius 3 is 2.67 bits per heavy atom. The molecule has 1 N–H and O–H groups in total. The highest BCUT2D eigenvalue weighted by atomic mass is 32.2. The summed E-state index contributed by atoms with van der Waals surface area (Å²) in [7, 11) is -2.13. The van der Waals surface area contributed by atoms with Crippen LogP contribution in [0, 0.1) is 0 Å². The molecule has 1 aliphatic heterocycles. The number of anilines is 2. The number of nitrogens with zero attached hydrogens (tertiary/aromatic N) is 1. The Kier molecular flexibility index (Phi) is 5.41. The third kappa shape index (κ3) is 4.43. The number of rotatable bonds is 7. The van der Waals surface area contributed by atoms with E-state index in [1.807, 2.05) is 0 Å². The van der Waals surface area contributed by atoms with E-state index in [4.69, 9.17) is 14.2 Å². The molecule has 0 atom stereocenters. The van der Waals surface area contributed by atoms with Crippen molar-refractivity contribution in [3.63, 3.8) is 0 Å². The van der Waals surface area contributed by atoms with Crippen molar-refractivity contribution < 1.29 is 27.4 Å². The lowest BCUT2D eigenvalue weighted by Crippen LogP contribution is -2.33. The van der Waals surface area contributed by atoms with Crippen LogP contribution in [0.2, 0.25) is 0 Å². The van der Waals surface area contributed by atoms with E-state index in [0.29, 0.717) is 28.6 Å². The van der Waals surface area contributed by atoms with Crippen molar-refractivity contribution in [2.45, 2.75) is 6.42 Å². The van der Waals surface area contributed by atoms with Crippen LogP contribution in [0.1, 0.15) is 6.42 Å². The number of hydrogen-bond donors (Lipinski definition) is 1. The van der Waals surface area contributed by atoms with Crippen molar-refractivity contribution in [3.8, 4) is 17.2 Å². The fourth-order valence-corrected chi connectivity index (χ4v) is 3.63. The van der Waals surface area contributed by atoms with Crippen molar-refractivity contribution in [1.29, 1.82) is 0 Å². The maximum absolute atomic E-state index is 12.3. The number of ether oxygens (including phenoxy) is 3. The Bertz CT molecular complexity index is 945. The molecule has 3 rings (SSSR count). The van der Waals surface area contributed by atoms with Crippen molar-refractivity contribution in [3.05, 3.63) is 42.5 Å². The molecular formula is C18H20N2O6S. The number of amides is 1. The van der Waals surface area contributed by atoms with Gasteiger partial charge in [0.25, 0.3) is 0 Å². The van der Waals surface area contributed by atoms with Crippen LogP contribution >= 0.6 is 0 Å². The Labute approximate surface area is 157 Å². The van der Waals surface area contributed by atoms with Gasteiger partial charge in [0.15, 0.2) is 11.5 Å². The van der Waals surface area contributed by atoms with E-state index in [0.717, 1.165) is 10.6 Å². The topological polar surface area (TPSA) is 94.2 Å². The number of carbonyl (C=O) groups is 1. The highest BCUT2D eigenvalue weighted by Crippen LogP contribution is 2.34. The Balaban J connectivity index is 1.69. The van der Waals surface area contributed by atoms with Gasteiger partial charge in [0.1, 0.15) is 5.75 Å². The second-order valence-corrected chi connectivity index (χ2v) is 7.78. The molecule has 0 spiro atoms. The van der Waals surface area contributed by atoms with E-state index in [1.165, 1.54) is 7.11 Å². The predicted molar refractivity (Wildman–Crippen MR) is 101 cm³/mol. The van der Waals surface area contributed by atoms with E-state index in [2.05, 4.69) is 5.32 Å². The van der Waals surface area contributed by atoms with Crippen LogP contribution in [0.25, 0.3) is 0 Å². The second-order valence-electron chi connectivity index (χ2n) is 5.87. The molecular weight excluding hydrogens is 372 g/mol. The third-order valence-electron chi connectivity index (χ3n) is 3.95. The van der Waals surface area contributed by atoms with E-state index < -0.39 is 10.0 Å². The van der Waals surface area contributed by atoms with Gasteiger partial charge in [-0.25, -0.2) is 8.42 Å². The fraction of sp³-hybridized carbons (Fsp3) is 0.278. The number of hydrogen-bond acceptors (Lipinski definition) is 6. The number of fused-ring (bicyclic) bond motifs is 1. The van der Waals surface area contributed by atoms with Crippen LogP contribution in [0.4, 0.5) is 11.4 Å². The normalized spacial score (nSPS) is 12.5. The molecule has 0 radical (unpaired) electrons. The van der Waals surface area contributed by atoms with Crippen LogP contribution < -0.4 is 23.8 Å². The molecule has 0 aromatic heterocycles. The Morgan fingerprint density at radius 1 is 1.19 bits per heavy atom. The third-order valence-corrected chi connectivity index (χ3v) is 5.13. The number of benzene rings is 2.